The Morgan fingerprint density at radius 3 is 2.72 bits per heavy atom. The Morgan fingerprint density at radius 1 is 1.03 bits per heavy atom. The lowest BCUT2D eigenvalue weighted by Gasteiger charge is -2.12. The predicted molar refractivity (Wildman–Crippen MR) is 113 cm³/mol. The number of para-hydroxylation sites is 2. The van der Waals surface area contributed by atoms with Crippen molar-refractivity contribution in [2.45, 2.75) is 6.54 Å². The van der Waals surface area contributed by atoms with Crippen molar-refractivity contribution < 1.29 is 14.3 Å². The van der Waals surface area contributed by atoms with Crippen LogP contribution in [0, 0.1) is 0 Å². The summed E-state index contributed by atoms with van der Waals surface area (Å²) in [6.07, 6.45) is 1.83. The number of rotatable bonds is 6. The predicted octanol–water partition coefficient (Wildman–Crippen LogP) is 4.43. The van der Waals surface area contributed by atoms with Crippen molar-refractivity contribution in [2.24, 2.45) is 0 Å². The number of imidazole rings is 1. The molecule has 29 heavy (non-hydrogen) atoms. The van der Waals surface area contributed by atoms with Crippen molar-refractivity contribution in [2.75, 3.05) is 19.5 Å². The molecule has 0 atom stereocenters. The third-order valence-corrected chi connectivity index (χ3v) is 4.75. The number of aromatic nitrogens is 2. The van der Waals surface area contributed by atoms with Gasteiger partial charge in [-0.2, -0.15) is 0 Å². The molecule has 0 aliphatic heterocycles. The number of methoxy groups -OCH3 is 2. The average molecular weight is 387 g/mol. The summed E-state index contributed by atoms with van der Waals surface area (Å²) >= 11 is 0. The van der Waals surface area contributed by atoms with E-state index in [1.807, 2.05) is 54.9 Å². The number of fused-ring (bicyclic) bond motifs is 1. The minimum absolute atomic E-state index is 0.410. The number of nitrogens with zero attached hydrogens (tertiary/aromatic N) is 2. The maximum absolute atomic E-state index is 11.8. The van der Waals surface area contributed by atoms with E-state index in [0.717, 1.165) is 28.0 Å². The molecule has 0 saturated heterocycles. The molecule has 6 nitrogen and oxygen atoms in total. The monoisotopic (exact) mass is 387 g/mol. The molecule has 146 valence electrons. The Morgan fingerprint density at radius 2 is 1.90 bits per heavy atom. The van der Waals surface area contributed by atoms with Crippen molar-refractivity contribution in [1.29, 1.82) is 0 Å². The highest BCUT2D eigenvalue weighted by Gasteiger charge is 2.13. The Bertz CT molecular complexity index is 1170. The van der Waals surface area contributed by atoms with Crippen molar-refractivity contribution in [3.8, 4) is 11.4 Å². The highest BCUT2D eigenvalue weighted by molar-refractivity contribution is 5.92. The van der Waals surface area contributed by atoms with Gasteiger partial charge in [0.05, 0.1) is 25.3 Å². The normalized spacial score (nSPS) is 10.7. The molecule has 0 aliphatic carbocycles. The molecule has 1 N–H and O–H groups in total. The summed E-state index contributed by atoms with van der Waals surface area (Å²) < 4.78 is 12.2. The molecule has 0 radical (unpaired) electrons. The number of nitrogens with one attached hydrogen (secondary N) is 1. The van der Waals surface area contributed by atoms with Crippen molar-refractivity contribution >= 4 is 22.7 Å². The number of esters is 1. The third kappa shape index (κ3) is 3.78. The Balaban J connectivity index is 1.54. The number of hydrogen-bond acceptors (Lipinski definition) is 5. The molecule has 0 saturated carbocycles. The van der Waals surface area contributed by atoms with Gasteiger partial charge >= 0.3 is 5.97 Å². The molecular weight excluding hydrogens is 366 g/mol. The third-order valence-electron chi connectivity index (χ3n) is 4.75. The smallest absolute Gasteiger partial charge is 0.341 e. The van der Waals surface area contributed by atoms with Crippen LogP contribution in [0.4, 0.5) is 5.69 Å². The van der Waals surface area contributed by atoms with E-state index in [1.165, 1.54) is 14.2 Å². The number of ether oxygens (including phenoxy) is 2. The Labute approximate surface area is 168 Å². The summed E-state index contributed by atoms with van der Waals surface area (Å²) in [5.41, 5.74) is 5.44. The zero-order valence-electron chi connectivity index (χ0n) is 16.3. The molecule has 1 aromatic heterocycles. The zero-order chi connectivity index (χ0) is 20.2. The molecule has 4 rings (SSSR count). The van der Waals surface area contributed by atoms with E-state index in [4.69, 9.17) is 9.47 Å². The summed E-state index contributed by atoms with van der Waals surface area (Å²) in [5.74, 6) is 0.0800. The van der Waals surface area contributed by atoms with E-state index in [-0.39, 0.29) is 0 Å². The lowest BCUT2D eigenvalue weighted by Crippen LogP contribution is -2.06. The largest absolute Gasteiger partial charge is 0.496 e. The summed E-state index contributed by atoms with van der Waals surface area (Å²) in [6, 6.07) is 21.6. The fraction of sp³-hybridized carbons (Fsp3) is 0.130. The van der Waals surface area contributed by atoms with E-state index in [2.05, 4.69) is 27.0 Å². The van der Waals surface area contributed by atoms with Crippen LogP contribution in [0.5, 0.6) is 5.75 Å². The highest BCUT2D eigenvalue weighted by atomic mass is 16.5. The molecule has 0 aliphatic rings. The Kier molecular flexibility index (Phi) is 5.16. The minimum Gasteiger partial charge on any atom is -0.496 e. The van der Waals surface area contributed by atoms with Gasteiger partial charge in [-0.25, -0.2) is 9.78 Å². The van der Waals surface area contributed by atoms with E-state index in [1.54, 1.807) is 6.07 Å². The van der Waals surface area contributed by atoms with Crippen LogP contribution in [0.2, 0.25) is 0 Å². The Hall–Kier alpha value is -3.80. The number of carbonyl (C=O) groups excluding carboxylic acids is 1. The molecule has 6 heteroatoms. The number of carbonyl (C=O) groups is 1. The van der Waals surface area contributed by atoms with Crippen molar-refractivity contribution in [3.05, 3.63) is 84.2 Å². The van der Waals surface area contributed by atoms with Crippen LogP contribution in [0.3, 0.4) is 0 Å². The van der Waals surface area contributed by atoms with Crippen LogP contribution in [0.1, 0.15) is 15.9 Å². The van der Waals surface area contributed by atoms with E-state index in [0.29, 0.717) is 17.9 Å². The fourth-order valence-corrected chi connectivity index (χ4v) is 3.26. The van der Waals surface area contributed by atoms with Crippen molar-refractivity contribution in [1.82, 2.24) is 9.55 Å². The topological polar surface area (TPSA) is 65.4 Å². The summed E-state index contributed by atoms with van der Waals surface area (Å²) in [7, 11) is 2.89. The lowest BCUT2D eigenvalue weighted by atomic mass is 10.1. The molecule has 4 aromatic rings. The second kappa shape index (κ2) is 8.06. The standard InChI is InChI=1S/C23H21N3O3/c1-28-22-12-16(10-11-19(22)23(27)29-2)14-24-17-6-5-7-18(13-17)26-15-25-20-8-3-4-9-21(20)26/h3-13,15,24H,14H2,1-2H3. The van der Waals surface area contributed by atoms with Gasteiger partial charge in [-0.3, -0.25) is 4.57 Å². The van der Waals surface area contributed by atoms with Gasteiger partial charge in [0.25, 0.3) is 0 Å². The second-order valence-electron chi connectivity index (χ2n) is 6.53. The van der Waals surface area contributed by atoms with E-state index in [9.17, 15) is 4.79 Å². The first-order valence-electron chi connectivity index (χ1n) is 9.21. The van der Waals surface area contributed by atoms with Gasteiger partial charge in [0.2, 0.25) is 0 Å². The molecule has 0 amide bonds. The average Bonchev–Trinajstić information content (AvgIpc) is 3.21. The molecule has 1 heterocycles. The SMILES string of the molecule is COC(=O)c1ccc(CNc2cccc(-n3cnc4ccccc43)c2)cc1OC. The van der Waals surface area contributed by atoms with Crippen LogP contribution in [0.15, 0.2) is 73.1 Å². The number of anilines is 1. The summed E-state index contributed by atoms with van der Waals surface area (Å²) in [6.45, 7) is 0.589. The number of benzene rings is 3. The van der Waals surface area contributed by atoms with Gasteiger partial charge in [-0.05, 0) is 48.0 Å². The van der Waals surface area contributed by atoms with Gasteiger partial charge in [0.1, 0.15) is 17.6 Å². The summed E-state index contributed by atoms with van der Waals surface area (Å²) in [4.78, 5) is 16.3. The summed E-state index contributed by atoms with van der Waals surface area (Å²) in [5, 5.41) is 3.42. The van der Waals surface area contributed by atoms with E-state index < -0.39 is 5.97 Å². The van der Waals surface area contributed by atoms with Crippen molar-refractivity contribution in [3.63, 3.8) is 0 Å². The quantitative estimate of drug-likeness (QED) is 0.496. The van der Waals surface area contributed by atoms with Gasteiger partial charge in [0.15, 0.2) is 0 Å². The lowest BCUT2D eigenvalue weighted by molar-refractivity contribution is 0.0597. The van der Waals surface area contributed by atoms with Gasteiger partial charge in [-0.1, -0.05) is 24.3 Å². The van der Waals surface area contributed by atoms with Gasteiger partial charge in [0, 0.05) is 17.9 Å². The van der Waals surface area contributed by atoms with Crippen LogP contribution >= 0.6 is 0 Å². The maximum atomic E-state index is 11.8. The first-order valence-corrected chi connectivity index (χ1v) is 9.21. The number of hydrogen-bond donors (Lipinski definition) is 1. The van der Waals surface area contributed by atoms with Gasteiger partial charge < -0.3 is 14.8 Å². The molecule has 3 aromatic carbocycles. The molecular formula is C23H21N3O3. The first kappa shape index (κ1) is 18.6. The molecule has 0 bridgehead atoms. The van der Waals surface area contributed by atoms with E-state index >= 15 is 0 Å². The van der Waals surface area contributed by atoms with Crippen LogP contribution in [0.25, 0.3) is 16.7 Å². The maximum Gasteiger partial charge on any atom is 0.341 e. The zero-order valence-corrected chi connectivity index (χ0v) is 16.3. The molecule has 0 unspecified atom stereocenters. The van der Waals surface area contributed by atoms with Crippen LogP contribution in [-0.4, -0.2) is 29.7 Å². The van der Waals surface area contributed by atoms with Crippen LogP contribution in [-0.2, 0) is 11.3 Å². The second-order valence-corrected chi connectivity index (χ2v) is 6.53. The minimum atomic E-state index is -0.415. The molecule has 0 fully saturated rings. The first-order chi connectivity index (χ1) is 14.2. The van der Waals surface area contributed by atoms with Gasteiger partial charge in [-0.15, -0.1) is 0 Å². The fourth-order valence-electron chi connectivity index (χ4n) is 3.26. The molecule has 0 spiro atoms. The highest BCUT2D eigenvalue weighted by Crippen LogP contribution is 2.23. The van der Waals surface area contributed by atoms with Crippen LogP contribution < -0.4 is 10.1 Å².